The van der Waals surface area contributed by atoms with Crippen LogP contribution in [0.1, 0.15) is 28.8 Å². The quantitative estimate of drug-likeness (QED) is 0.571. The van der Waals surface area contributed by atoms with E-state index in [-0.39, 0.29) is 17.7 Å². The number of benzene rings is 2. The first-order valence-electron chi connectivity index (χ1n) is 9.19. The van der Waals surface area contributed by atoms with Gasteiger partial charge in [0.1, 0.15) is 5.75 Å². The summed E-state index contributed by atoms with van der Waals surface area (Å²) in [5.41, 5.74) is 3.83. The van der Waals surface area contributed by atoms with Crippen molar-refractivity contribution in [1.29, 1.82) is 0 Å². The zero-order chi connectivity index (χ0) is 20.8. The summed E-state index contributed by atoms with van der Waals surface area (Å²) in [4.78, 5) is 26.7. The zero-order valence-corrected chi connectivity index (χ0v) is 17.4. The van der Waals surface area contributed by atoms with Crippen molar-refractivity contribution in [3.05, 3.63) is 63.6 Å². The molecule has 0 unspecified atom stereocenters. The van der Waals surface area contributed by atoms with E-state index in [0.717, 1.165) is 0 Å². The number of hydrazone groups is 1. The summed E-state index contributed by atoms with van der Waals surface area (Å²) in [6.45, 7) is 1.05. The standard InChI is InChI=1S/C21H21Cl2N3O3/c1-29-18-6-3-15(4-7-18)21(28)26-10-8-14(9-11-26)20(27)25-24-13-16-2-5-17(22)12-19(16)23/h2-7,12-14H,8-11H2,1H3,(H,25,27)/b24-13-. The van der Waals surface area contributed by atoms with Crippen LogP contribution in [0, 0.1) is 5.92 Å². The van der Waals surface area contributed by atoms with E-state index in [1.807, 2.05) is 0 Å². The number of amides is 2. The highest BCUT2D eigenvalue weighted by molar-refractivity contribution is 6.36. The van der Waals surface area contributed by atoms with Crippen LogP contribution < -0.4 is 10.2 Å². The molecule has 152 valence electrons. The second kappa shape index (κ2) is 9.76. The largest absolute Gasteiger partial charge is 0.497 e. The van der Waals surface area contributed by atoms with E-state index in [1.54, 1.807) is 54.5 Å². The minimum absolute atomic E-state index is 0.0399. The van der Waals surface area contributed by atoms with Gasteiger partial charge in [0.05, 0.1) is 18.3 Å². The lowest BCUT2D eigenvalue weighted by Crippen LogP contribution is -2.42. The Bertz CT molecular complexity index is 908. The number of piperidine rings is 1. The van der Waals surface area contributed by atoms with Crippen LogP contribution in [0.15, 0.2) is 47.6 Å². The minimum Gasteiger partial charge on any atom is -0.497 e. The van der Waals surface area contributed by atoms with Gasteiger partial charge in [0.15, 0.2) is 0 Å². The van der Waals surface area contributed by atoms with Crippen molar-refractivity contribution in [1.82, 2.24) is 10.3 Å². The topological polar surface area (TPSA) is 71.0 Å². The van der Waals surface area contributed by atoms with Gasteiger partial charge in [0.2, 0.25) is 5.91 Å². The summed E-state index contributed by atoms with van der Waals surface area (Å²) in [7, 11) is 1.58. The molecule has 1 saturated heterocycles. The van der Waals surface area contributed by atoms with Gasteiger partial charge < -0.3 is 9.64 Å². The van der Waals surface area contributed by atoms with E-state index in [9.17, 15) is 9.59 Å². The molecule has 0 spiro atoms. The summed E-state index contributed by atoms with van der Waals surface area (Å²) in [6, 6.07) is 12.1. The number of methoxy groups -OCH3 is 1. The first-order valence-corrected chi connectivity index (χ1v) is 9.95. The molecular formula is C21H21Cl2N3O3. The molecule has 1 fully saturated rings. The lowest BCUT2D eigenvalue weighted by molar-refractivity contribution is -0.126. The predicted octanol–water partition coefficient (Wildman–Crippen LogP) is 4.00. The Kier molecular flexibility index (Phi) is 7.12. The summed E-state index contributed by atoms with van der Waals surface area (Å²) in [5.74, 6) is 0.315. The van der Waals surface area contributed by atoms with Crippen LogP contribution in [-0.2, 0) is 4.79 Å². The Morgan fingerprint density at radius 3 is 2.45 bits per heavy atom. The normalized spacial score (nSPS) is 14.8. The average Bonchev–Trinajstić information content (AvgIpc) is 2.75. The van der Waals surface area contributed by atoms with Crippen LogP contribution in [0.5, 0.6) is 5.75 Å². The molecule has 2 aromatic rings. The van der Waals surface area contributed by atoms with Gasteiger partial charge in [-0.05, 0) is 49.2 Å². The van der Waals surface area contributed by atoms with E-state index in [2.05, 4.69) is 10.5 Å². The fourth-order valence-electron chi connectivity index (χ4n) is 3.12. The third-order valence-corrected chi connectivity index (χ3v) is 5.39. The second-order valence-electron chi connectivity index (χ2n) is 6.70. The molecule has 1 aliphatic rings. The van der Waals surface area contributed by atoms with Gasteiger partial charge in [0, 0.05) is 35.2 Å². The Balaban J connectivity index is 1.49. The smallest absolute Gasteiger partial charge is 0.253 e. The van der Waals surface area contributed by atoms with Gasteiger partial charge in [-0.2, -0.15) is 5.10 Å². The molecule has 0 saturated carbocycles. The van der Waals surface area contributed by atoms with Gasteiger partial charge in [-0.1, -0.05) is 29.3 Å². The van der Waals surface area contributed by atoms with E-state index in [0.29, 0.717) is 52.9 Å². The number of ether oxygens (including phenoxy) is 1. The van der Waals surface area contributed by atoms with E-state index >= 15 is 0 Å². The van der Waals surface area contributed by atoms with Crippen LogP contribution >= 0.6 is 23.2 Å². The van der Waals surface area contributed by atoms with Crippen LogP contribution in [0.4, 0.5) is 0 Å². The van der Waals surface area contributed by atoms with E-state index < -0.39 is 0 Å². The fourth-order valence-corrected chi connectivity index (χ4v) is 3.58. The van der Waals surface area contributed by atoms with Gasteiger partial charge in [-0.3, -0.25) is 9.59 Å². The molecule has 0 aliphatic carbocycles. The van der Waals surface area contributed by atoms with Crippen LogP contribution in [0.25, 0.3) is 0 Å². The van der Waals surface area contributed by atoms with Crippen LogP contribution in [0.2, 0.25) is 10.0 Å². The predicted molar refractivity (Wildman–Crippen MR) is 114 cm³/mol. The summed E-state index contributed by atoms with van der Waals surface area (Å²) >= 11 is 11.9. The number of rotatable bonds is 5. The SMILES string of the molecule is COc1ccc(C(=O)N2CCC(C(=O)N/N=C\c3ccc(Cl)cc3Cl)CC2)cc1. The third kappa shape index (κ3) is 5.49. The summed E-state index contributed by atoms with van der Waals surface area (Å²) in [5, 5.41) is 4.97. The molecule has 8 heteroatoms. The van der Waals surface area contributed by atoms with Gasteiger partial charge in [0.25, 0.3) is 5.91 Å². The fraction of sp³-hybridized carbons (Fsp3) is 0.286. The number of carbonyl (C=O) groups excluding carboxylic acids is 2. The van der Waals surface area contributed by atoms with Gasteiger partial charge in [-0.25, -0.2) is 5.43 Å². The third-order valence-electron chi connectivity index (χ3n) is 4.83. The number of hydrogen-bond donors (Lipinski definition) is 1. The zero-order valence-electron chi connectivity index (χ0n) is 15.9. The van der Waals surface area contributed by atoms with E-state index in [4.69, 9.17) is 27.9 Å². The molecule has 1 heterocycles. The molecule has 0 aromatic heterocycles. The van der Waals surface area contributed by atoms with Gasteiger partial charge in [-0.15, -0.1) is 0 Å². The molecule has 2 amide bonds. The van der Waals surface area contributed by atoms with Gasteiger partial charge >= 0.3 is 0 Å². The molecule has 0 bridgehead atoms. The lowest BCUT2D eigenvalue weighted by atomic mass is 9.95. The summed E-state index contributed by atoms with van der Waals surface area (Å²) < 4.78 is 5.11. The number of nitrogens with one attached hydrogen (secondary N) is 1. The monoisotopic (exact) mass is 433 g/mol. The molecule has 1 N–H and O–H groups in total. The van der Waals surface area contributed by atoms with Crippen molar-refractivity contribution in [2.24, 2.45) is 11.0 Å². The van der Waals surface area contributed by atoms with Crippen LogP contribution in [0.3, 0.4) is 0 Å². The number of nitrogens with zero attached hydrogens (tertiary/aromatic N) is 2. The second-order valence-corrected chi connectivity index (χ2v) is 7.54. The highest BCUT2D eigenvalue weighted by atomic mass is 35.5. The molecular weight excluding hydrogens is 413 g/mol. The van der Waals surface area contributed by atoms with Crippen LogP contribution in [-0.4, -0.2) is 43.1 Å². The maximum atomic E-state index is 12.6. The van der Waals surface area contributed by atoms with E-state index in [1.165, 1.54) is 6.21 Å². The number of halogens is 2. The Hall–Kier alpha value is -2.57. The van der Waals surface area contributed by atoms with Crippen molar-refractivity contribution < 1.29 is 14.3 Å². The first-order chi connectivity index (χ1) is 14.0. The number of likely N-dealkylation sites (tertiary alicyclic amines) is 1. The minimum atomic E-state index is -0.187. The molecule has 3 rings (SSSR count). The Morgan fingerprint density at radius 2 is 1.83 bits per heavy atom. The molecule has 2 aromatic carbocycles. The maximum Gasteiger partial charge on any atom is 0.253 e. The summed E-state index contributed by atoms with van der Waals surface area (Å²) in [6.07, 6.45) is 2.66. The van der Waals surface area contributed by atoms with Crippen molar-refractivity contribution in [2.75, 3.05) is 20.2 Å². The Labute approximate surface area is 179 Å². The highest BCUT2D eigenvalue weighted by Crippen LogP contribution is 2.21. The number of carbonyl (C=O) groups is 2. The molecule has 0 radical (unpaired) electrons. The highest BCUT2D eigenvalue weighted by Gasteiger charge is 2.27. The lowest BCUT2D eigenvalue weighted by Gasteiger charge is -2.31. The Morgan fingerprint density at radius 1 is 1.14 bits per heavy atom. The molecule has 29 heavy (non-hydrogen) atoms. The number of hydrogen-bond acceptors (Lipinski definition) is 4. The van der Waals surface area contributed by atoms with Crippen molar-refractivity contribution in [3.8, 4) is 5.75 Å². The molecule has 0 atom stereocenters. The average molecular weight is 434 g/mol. The molecule has 6 nitrogen and oxygen atoms in total. The first kappa shape index (κ1) is 21.1. The van der Waals surface area contributed by atoms with Crippen molar-refractivity contribution in [3.63, 3.8) is 0 Å². The van der Waals surface area contributed by atoms with Crippen molar-refractivity contribution in [2.45, 2.75) is 12.8 Å². The maximum absolute atomic E-state index is 12.6. The van der Waals surface area contributed by atoms with Crippen molar-refractivity contribution >= 4 is 41.2 Å². The molecule has 1 aliphatic heterocycles.